The largest absolute Gasteiger partial charge is 0.486 e. The molecular weight excluding hydrogens is 270 g/mol. The normalized spacial score (nSPS) is 13.6. The highest BCUT2D eigenvalue weighted by Crippen LogP contribution is 2.38. The Balaban J connectivity index is 2.04. The zero-order valence-corrected chi connectivity index (χ0v) is 11.4. The molecule has 0 spiro atoms. The minimum Gasteiger partial charge on any atom is -0.486 e. The number of carbonyl (C=O) groups is 1. The molecule has 0 unspecified atom stereocenters. The Labute approximate surface area is 116 Å². The summed E-state index contributed by atoms with van der Waals surface area (Å²) in [7, 11) is 1.87. The standard InChI is InChI=1S/C13H16ClNO4/c1-15(3-2-12(16)17)8-9-6-10(14)13-11(7-9)18-4-5-19-13/h6-7H,2-5,8H2,1H3,(H,16,17). The maximum Gasteiger partial charge on any atom is 0.304 e. The van der Waals surface area contributed by atoms with E-state index in [-0.39, 0.29) is 6.42 Å². The molecule has 0 fully saturated rings. The second-order valence-corrected chi connectivity index (χ2v) is 4.89. The summed E-state index contributed by atoms with van der Waals surface area (Å²) >= 11 is 6.14. The fraction of sp³-hybridized carbons (Fsp3) is 0.462. The Bertz CT molecular complexity index is 478. The summed E-state index contributed by atoms with van der Waals surface area (Å²) in [5, 5.41) is 9.17. The predicted octanol–water partition coefficient (Wildman–Crippen LogP) is 2.02. The summed E-state index contributed by atoms with van der Waals surface area (Å²) in [6.07, 6.45) is 0.120. The number of carboxylic acids is 1. The van der Waals surface area contributed by atoms with Crippen molar-refractivity contribution in [3.05, 3.63) is 22.7 Å². The molecule has 0 aromatic heterocycles. The average Bonchev–Trinajstić information content (AvgIpc) is 2.36. The second-order valence-electron chi connectivity index (χ2n) is 4.48. The number of benzene rings is 1. The topological polar surface area (TPSA) is 59.0 Å². The van der Waals surface area contributed by atoms with E-state index in [1.54, 1.807) is 0 Å². The van der Waals surface area contributed by atoms with Gasteiger partial charge in [0, 0.05) is 13.1 Å². The van der Waals surface area contributed by atoms with Gasteiger partial charge in [-0.15, -0.1) is 0 Å². The fourth-order valence-corrected chi connectivity index (χ4v) is 2.22. The van der Waals surface area contributed by atoms with E-state index in [1.165, 1.54) is 0 Å². The molecule has 0 atom stereocenters. The van der Waals surface area contributed by atoms with Crippen LogP contribution in [0.5, 0.6) is 11.5 Å². The predicted molar refractivity (Wildman–Crippen MR) is 71.0 cm³/mol. The molecule has 0 saturated carbocycles. The molecule has 19 heavy (non-hydrogen) atoms. The van der Waals surface area contributed by atoms with Crippen LogP contribution in [0.25, 0.3) is 0 Å². The summed E-state index contributed by atoms with van der Waals surface area (Å²) in [5.74, 6) is 0.442. The molecular formula is C13H16ClNO4. The van der Waals surface area contributed by atoms with Gasteiger partial charge in [-0.25, -0.2) is 0 Å². The van der Waals surface area contributed by atoms with Crippen molar-refractivity contribution >= 4 is 17.6 Å². The molecule has 6 heteroatoms. The average molecular weight is 286 g/mol. The van der Waals surface area contributed by atoms with E-state index in [0.29, 0.717) is 42.8 Å². The first kappa shape index (κ1) is 14.0. The van der Waals surface area contributed by atoms with Gasteiger partial charge in [-0.1, -0.05) is 11.6 Å². The van der Waals surface area contributed by atoms with E-state index >= 15 is 0 Å². The molecule has 1 aromatic rings. The molecule has 1 aromatic carbocycles. The Morgan fingerprint density at radius 3 is 2.89 bits per heavy atom. The van der Waals surface area contributed by atoms with Crippen molar-refractivity contribution in [2.75, 3.05) is 26.8 Å². The lowest BCUT2D eigenvalue weighted by Crippen LogP contribution is -2.22. The number of ether oxygens (including phenoxy) is 2. The van der Waals surface area contributed by atoms with Crippen LogP contribution in [0.1, 0.15) is 12.0 Å². The van der Waals surface area contributed by atoms with Crippen LogP contribution in [0.2, 0.25) is 5.02 Å². The molecule has 104 valence electrons. The van der Waals surface area contributed by atoms with E-state index in [9.17, 15) is 4.79 Å². The highest BCUT2D eigenvalue weighted by molar-refractivity contribution is 6.32. The molecule has 0 radical (unpaired) electrons. The highest BCUT2D eigenvalue weighted by Gasteiger charge is 2.17. The summed E-state index contributed by atoms with van der Waals surface area (Å²) in [5.41, 5.74) is 0.974. The molecule has 2 rings (SSSR count). The van der Waals surface area contributed by atoms with Gasteiger partial charge in [0.2, 0.25) is 0 Å². The molecule has 1 heterocycles. The van der Waals surface area contributed by atoms with Crippen LogP contribution in [-0.4, -0.2) is 42.8 Å². The Kier molecular flexibility index (Phi) is 4.50. The van der Waals surface area contributed by atoms with Crippen molar-refractivity contribution in [3.8, 4) is 11.5 Å². The molecule has 5 nitrogen and oxygen atoms in total. The Morgan fingerprint density at radius 2 is 2.16 bits per heavy atom. The number of hydrogen-bond acceptors (Lipinski definition) is 4. The summed E-state index contributed by atoms with van der Waals surface area (Å²) in [4.78, 5) is 12.4. The number of halogens is 1. The van der Waals surface area contributed by atoms with Gasteiger partial charge in [0.1, 0.15) is 13.2 Å². The quantitative estimate of drug-likeness (QED) is 0.897. The SMILES string of the molecule is CN(CCC(=O)O)Cc1cc(Cl)c2c(c1)OCCO2. The Hall–Kier alpha value is -1.46. The first-order valence-corrected chi connectivity index (χ1v) is 6.42. The lowest BCUT2D eigenvalue weighted by molar-refractivity contribution is -0.137. The van der Waals surface area contributed by atoms with Crippen molar-refractivity contribution in [1.82, 2.24) is 4.90 Å². The Morgan fingerprint density at radius 1 is 1.42 bits per heavy atom. The van der Waals surface area contributed by atoms with E-state index in [2.05, 4.69) is 0 Å². The van der Waals surface area contributed by atoms with Gasteiger partial charge in [0.25, 0.3) is 0 Å². The van der Waals surface area contributed by atoms with Gasteiger partial charge in [0.05, 0.1) is 11.4 Å². The van der Waals surface area contributed by atoms with Gasteiger partial charge in [-0.2, -0.15) is 0 Å². The lowest BCUT2D eigenvalue weighted by atomic mass is 10.1. The monoisotopic (exact) mass is 285 g/mol. The number of nitrogens with zero attached hydrogens (tertiary/aromatic N) is 1. The zero-order chi connectivity index (χ0) is 13.8. The van der Waals surface area contributed by atoms with Crippen LogP contribution < -0.4 is 9.47 Å². The molecule has 0 amide bonds. The third-order valence-electron chi connectivity index (χ3n) is 2.82. The summed E-state index contributed by atoms with van der Waals surface area (Å²) in [6, 6.07) is 3.71. The van der Waals surface area contributed by atoms with Gasteiger partial charge in [-0.05, 0) is 24.7 Å². The van der Waals surface area contributed by atoms with E-state index in [4.69, 9.17) is 26.2 Å². The second kappa shape index (κ2) is 6.12. The molecule has 1 aliphatic heterocycles. The van der Waals surface area contributed by atoms with Gasteiger partial charge in [-0.3, -0.25) is 4.79 Å². The van der Waals surface area contributed by atoms with Crippen LogP contribution in [-0.2, 0) is 11.3 Å². The first-order chi connectivity index (χ1) is 9.06. The van der Waals surface area contributed by atoms with Crippen LogP contribution in [0.4, 0.5) is 0 Å². The number of carboxylic acid groups (broad SMARTS) is 1. The number of rotatable bonds is 5. The van der Waals surface area contributed by atoms with Crippen LogP contribution in [0.3, 0.4) is 0 Å². The fourth-order valence-electron chi connectivity index (χ4n) is 1.93. The molecule has 0 saturated heterocycles. The number of fused-ring (bicyclic) bond motifs is 1. The van der Waals surface area contributed by atoms with Crippen molar-refractivity contribution in [3.63, 3.8) is 0 Å². The van der Waals surface area contributed by atoms with E-state index < -0.39 is 5.97 Å². The van der Waals surface area contributed by atoms with Crippen LogP contribution in [0.15, 0.2) is 12.1 Å². The third-order valence-corrected chi connectivity index (χ3v) is 3.10. The highest BCUT2D eigenvalue weighted by atomic mass is 35.5. The van der Waals surface area contributed by atoms with E-state index in [1.807, 2.05) is 24.1 Å². The molecule has 0 aliphatic carbocycles. The summed E-state index contributed by atoms with van der Waals surface area (Å²) < 4.78 is 10.9. The lowest BCUT2D eigenvalue weighted by Gasteiger charge is -2.22. The third kappa shape index (κ3) is 3.75. The summed E-state index contributed by atoms with van der Waals surface area (Å²) in [6.45, 7) is 2.12. The minimum absolute atomic E-state index is 0.120. The number of hydrogen-bond donors (Lipinski definition) is 1. The van der Waals surface area contributed by atoms with Gasteiger partial charge < -0.3 is 19.5 Å². The van der Waals surface area contributed by atoms with Crippen molar-refractivity contribution in [1.29, 1.82) is 0 Å². The van der Waals surface area contributed by atoms with Crippen LogP contribution >= 0.6 is 11.6 Å². The van der Waals surface area contributed by atoms with Gasteiger partial charge >= 0.3 is 5.97 Å². The maximum atomic E-state index is 10.5. The maximum absolute atomic E-state index is 10.5. The van der Waals surface area contributed by atoms with Crippen molar-refractivity contribution in [2.24, 2.45) is 0 Å². The van der Waals surface area contributed by atoms with Crippen LogP contribution in [0, 0.1) is 0 Å². The molecule has 0 bridgehead atoms. The molecule has 1 N–H and O–H groups in total. The zero-order valence-electron chi connectivity index (χ0n) is 10.7. The first-order valence-electron chi connectivity index (χ1n) is 6.04. The molecule has 1 aliphatic rings. The van der Waals surface area contributed by atoms with Crippen molar-refractivity contribution < 1.29 is 19.4 Å². The van der Waals surface area contributed by atoms with E-state index in [0.717, 1.165) is 5.56 Å². The van der Waals surface area contributed by atoms with Gasteiger partial charge in [0.15, 0.2) is 11.5 Å². The smallest absolute Gasteiger partial charge is 0.304 e. The van der Waals surface area contributed by atoms with Crippen molar-refractivity contribution in [2.45, 2.75) is 13.0 Å². The number of aliphatic carboxylic acids is 1. The minimum atomic E-state index is -0.799.